The number of benzene rings is 1. The van der Waals surface area contributed by atoms with Crippen LogP contribution in [0.15, 0.2) is 23.3 Å². The Hall–Kier alpha value is -2.59. The molecule has 0 heterocycles. The third kappa shape index (κ3) is 3.69. The van der Waals surface area contributed by atoms with E-state index in [0.29, 0.717) is 5.02 Å². The zero-order chi connectivity index (χ0) is 14.4. The molecule has 0 fully saturated rings. The number of hydrogen-bond acceptors (Lipinski definition) is 6. The molecule has 98 valence electrons. The number of esters is 1. The van der Waals surface area contributed by atoms with Crippen molar-refractivity contribution >= 4 is 34.8 Å². The number of amidine groups is 1. The summed E-state index contributed by atoms with van der Waals surface area (Å²) in [6.07, 6.45) is 0. The topological polar surface area (TPSA) is 124 Å². The maximum absolute atomic E-state index is 11.5. The predicted molar refractivity (Wildman–Crippen MR) is 71.4 cm³/mol. The highest BCUT2D eigenvalue weighted by Gasteiger charge is 2.12. The number of nitriles is 1. The minimum Gasteiger partial charge on any atom is -0.465 e. The Balaban J connectivity index is 3.12. The van der Waals surface area contributed by atoms with E-state index >= 15 is 0 Å². The summed E-state index contributed by atoms with van der Waals surface area (Å²) in [6, 6.07) is 6.06. The Morgan fingerprint density at radius 1 is 1.63 bits per heavy atom. The molecule has 0 saturated carbocycles. The lowest BCUT2D eigenvalue weighted by Crippen LogP contribution is -2.22. The Kier molecular flexibility index (Phi) is 4.85. The number of nitrogens with two attached hydrogens (primary N) is 1. The van der Waals surface area contributed by atoms with E-state index in [1.54, 1.807) is 6.07 Å². The van der Waals surface area contributed by atoms with Crippen LogP contribution in [0.5, 0.6) is 0 Å². The number of nitrogens with zero attached hydrogens (tertiary/aromatic N) is 2. The largest absolute Gasteiger partial charge is 0.465 e. The molecule has 4 N–H and O–H groups in total. The molecule has 19 heavy (non-hydrogen) atoms. The second-order valence-electron chi connectivity index (χ2n) is 3.28. The first-order chi connectivity index (χ1) is 8.99. The van der Waals surface area contributed by atoms with Crippen LogP contribution in [0.4, 0.5) is 5.69 Å². The van der Waals surface area contributed by atoms with Crippen molar-refractivity contribution in [2.24, 2.45) is 10.8 Å². The summed E-state index contributed by atoms with van der Waals surface area (Å²) in [5.41, 5.74) is 7.74. The third-order valence-corrected chi connectivity index (χ3v) is 2.27. The number of hydrazone groups is 1. The smallest absolute Gasteiger partial charge is 0.340 e. The summed E-state index contributed by atoms with van der Waals surface area (Å²) in [4.78, 5) is 11.5. The van der Waals surface area contributed by atoms with E-state index in [1.165, 1.54) is 25.3 Å². The molecular formula is C11H10ClN5O2. The second kappa shape index (κ2) is 6.37. The van der Waals surface area contributed by atoms with Gasteiger partial charge >= 0.3 is 5.97 Å². The molecule has 0 aromatic heterocycles. The molecule has 0 radical (unpaired) electrons. The first-order valence-corrected chi connectivity index (χ1v) is 5.33. The highest BCUT2D eigenvalue weighted by molar-refractivity contribution is 6.45. The molecule has 0 saturated heterocycles. The summed E-state index contributed by atoms with van der Waals surface area (Å²) in [5, 5.41) is 19.8. The number of carbonyl (C=O) groups excluding carboxylic acids is 1. The van der Waals surface area contributed by atoms with Crippen molar-refractivity contribution in [3.8, 4) is 6.07 Å². The van der Waals surface area contributed by atoms with Gasteiger partial charge in [0.15, 0.2) is 5.84 Å². The van der Waals surface area contributed by atoms with E-state index in [4.69, 9.17) is 28.0 Å². The normalized spacial score (nSPS) is 10.5. The Morgan fingerprint density at radius 2 is 2.32 bits per heavy atom. The molecule has 1 aromatic carbocycles. The lowest BCUT2D eigenvalue weighted by Gasteiger charge is -2.07. The molecule has 0 atom stereocenters. The molecule has 8 heteroatoms. The van der Waals surface area contributed by atoms with Crippen LogP contribution in [-0.2, 0) is 4.74 Å². The van der Waals surface area contributed by atoms with Crippen LogP contribution in [0, 0.1) is 16.7 Å². The minimum atomic E-state index is -0.610. The molecule has 0 aliphatic carbocycles. The van der Waals surface area contributed by atoms with Gasteiger partial charge in [-0.3, -0.25) is 10.8 Å². The van der Waals surface area contributed by atoms with Crippen LogP contribution in [-0.4, -0.2) is 24.6 Å². The summed E-state index contributed by atoms with van der Waals surface area (Å²) in [6.45, 7) is 0. The number of halogens is 1. The number of carbonyl (C=O) groups is 1. The van der Waals surface area contributed by atoms with Gasteiger partial charge in [0, 0.05) is 5.02 Å². The van der Waals surface area contributed by atoms with Crippen molar-refractivity contribution in [1.29, 1.82) is 10.7 Å². The number of hydrogen-bond donors (Lipinski definition) is 3. The monoisotopic (exact) mass is 279 g/mol. The average molecular weight is 280 g/mol. The molecular weight excluding hydrogens is 270 g/mol. The zero-order valence-corrected chi connectivity index (χ0v) is 10.7. The van der Waals surface area contributed by atoms with Crippen LogP contribution in [0.25, 0.3) is 0 Å². The van der Waals surface area contributed by atoms with E-state index in [0.717, 1.165) is 0 Å². The molecule has 0 spiro atoms. The molecule has 1 aromatic rings. The van der Waals surface area contributed by atoms with E-state index in [9.17, 15) is 4.79 Å². The lowest BCUT2D eigenvalue weighted by molar-refractivity contribution is 0.0602. The summed E-state index contributed by atoms with van der Waals surface area (Å²) in [7, 11) is 1.23. The summed E-state index contributed by atoms with van der Waals surface area (Å²) >= 11 is 5.78. The van der Waals surface area contributed by atoms with Crippen LogP contribution < -0.4 is 11.2 Å². The van der Waals surface area contributed by atoms with Gasteiger partial charge in [-0.15, -0.1) is 0 Å². The van der Waals surface area contributed by atoms with Crippen molar-refractivity contribution < 1.29 is 9.53 Å². The van der Waals surface area contributed by atoms with Crippen molar-refractivity contribution in [2.75, 3.05) is 12.5 Å². The number of ether oxygens (including phenoxy) is 1. The van der Waals surface area contributed by atoms with Gasteiger partial charge in [0.1, 0.15) is 6.07 Å². The van der Waals surface area contributed by atoms with Gasteiger partial charge in [-0.25, -0.2) is 4.79 Å². The van der Waals surface area contributed by atoms with Gasteiger partial charge in [0.05, 0.1) is 18.4 Å². The van der Waals surface area contributed by atoms with Crippen molar-refractivity contribution in [1.82, 2.24) is 0 Å². The quantitative estimate of drug-likeness (QED) is 0.332. The minimum absolute atomic E-state index is 0.152. The SMILES string of the molecule is COC(=O)c1cc(Cl)ccc1N/N=C(\C#N)C(=N)N. The maximum Gasteiger partial charge on any atom is 0.340 e. The summed E-state index contributed by atoms with van der Waals surface area (Å²) < 4.78 is 4.59. The lowest BCUT2D eigenvalue weighted by atomic mass is 10.2. The fraction of sp³-hybridized carbons (Fsp3) is 0.0909. The summed E-state index contributed by atoms with van der Waals surface area (Å²) in [5.74, 6) is -1.09. The Morgan fingerprint density at radius 3 is 2.84 bits per heavy atom. The predicted octanol–water partition coefficient (Wildman–Crippen LogP) is 1.35. The van der Waals surface area contributed by atoms with Gasteiger partial charge in [-0.05, 0) is 18.2 Å². The standard InChI is InChI=1S/C11H10ClN5O2/c1-19-11(18)7-4-6(12)2-3-8(7)16-17-9(5-13)10(14)15/h2-4,16H,1H3,(H3,14,15)/b17-9+. The van der Waals surface area contributed by atoms with Crippen LogP contribution in [0.2, 0.25) is 5.02 Å². The van der Waals surface area contributed by atoms with Crippen LogP contribution in [0.1, 0.15) is 10.4 Å². The van der Waals surface area contributed by atoms with Crippen molar-refractivity contribution in [3.63, 3.8) is 0 Å². The molecule has 0 unspecified atom stereocenters. The van der Waals surface area contributed by atoms with E-state index in [1.807, 2.05) is 0 Å². The molecule has 0 aliphatic heterocycles. The van der Waals surface area contributed by atoms with E-state index in [-0.39, 0.29) is 17.0 Å². The van der Waals surface area contributed by atoms with Crippen molar-refractivity contribution in [3.05, 3.63) is 28.8 Å². The fourth-order valence-corrected chi connectivity index (χ4v) is 1.33. The van der Waals surface area contributed by atoms with E-state index in [2.05, 4.69) is 15.3 Å². The Labute approximate surface area is 114 Å². The average Bonchev–Trinajstić information content (AvgIpc) is 2.39. The molecule has 0 bridgehead atoms. The number of anilines is 1. The van der Waals surface area contributed by atoms with Gasteiger partial charge < -0.3 is 10.5 Å². The van der Waals surface area contributed by atoms with Gasteiger partial charge in [0.2, 0.25) is 5.71 Å². The number of methoxy groups -OCH3 is 1. The molecule has 0 amide bonds. The fourth-order valence-electron chi connectivity index (χ4n) is 1.15. The Bertz CT molecular complexity index is 591. The van der Waals surface area contributed by atoms with Gasteiger partial charge in [-0.2, -0.15) is 10.4 Å². The number of rotatable bonds is 4. The first kappa shape index (κ1) is 14.5. The first-order valence-electron chi connectivity index (χ1n) is 4.95. The second-order valence-corrected chi connectivity index (χ2v) is 3.72. The number of nitrogens with one attached hydrogen (secondary N) is 2. The molecule has 0 aliphatic rings. The highest BCUT2D eigenvalue weighted by Crippen LogP contribution is 2.21. The highest BCUT2D eigenvalue weighted by atomic mass is 35.5. The molecule has 1 rings (SSSR count). The van der Waals surface area contributed by atoms with E-state index < -0.39 is 11.8 Å². The molecule has 7 nitrogen and oxygen atoms in total. The third-order valence-electron chi connectivity index (χ3n) is 2.04. The van der Waals surface area contributed by atoms with Crippen LogP contribution >= 0.6 is 11.6 Å². The zero-order valence-electron chi connectivity index (χ0n) is 9.90. The van der Waals surface area contributed by atoms with Gasteiger partial charge in [0.25, 0.3) is 0 Å². The van der Waals surface area contributed by atoms with Crippen LogP contribution in [0.3, 0.4) is 0 Å². The van der Waals surface area contributed by atoms with Gasteiger partial charge in [-0.1, -0.05) is 11.6 Å². The van der Waals surface area contributed by atoms with Crippen molar-refractivity contribution in [2.45, 2.75) is 0 Å². The maximum atomic E-state index is 11.5.